The Labute approximate surface area is 171 Å². The summed E-state index contributed by atoms with van der Waals surface area (Å²) in [5, 5.41) is 9.40. The van der Waals surface area contributed by atoms with E-state index in [4.69, 9.17) is 0 Å². The van der Waals surface area contributed by atoms with Crippen molar-refractivity contribution >= 4 is 5.97 Å². The van der Waals surface area contributed by atoms with Crippen LogP contribution in [0, 0.1) is 0 Å². The topological polar surface area (TPSA) is 64.2 Å². The molecule has 2 aromatic carbocycles. The molecule has 5 nitrogen and oxygen atoms in total. The number of aryl methyl sites for hydroxylation is 2. The molecule has 0 aliphatic carbocycles. The van der Waals surface area contributed by atoms with E-state index in [0.717, 1.165) is 49.0 Å². The SMILES string of the molecule is CCCCCn1cc(CC)n(Cc2ccc(-c3ccccc3C(=O)O)cc2)c1=O. The van der Waals surface area contributed by atoms with Gasteiger partial charge in [-0.15, -0.1) is 0 Å². The molecule has 0 fully saturated rings. The van der Waals surface area contributed by atoms with E-state index in [9.17, 15) is 14.7 Å². The molecule has 1 N–H and O–H groups in total. The number of carboxylic acids is 1. The maximum atomic E-state index is 12.8. The molecule has 29 heavy (non-hydrogen) atoms. The second kappa shape index (κ2) is 9.41. The van der Waals surface area contributed by atoms with Crippen molar-refractivity contribution in [2.75, 3.05) is 0 Å². The first-order valence-electron chi connectivity index (χ1n) is 10.3. The van der Waals surface area contributed by atoms with E-state index in [1.807, 2.05) is 51.7 Å². The van der Waals surface area contributed by atoms with Gasteiger partial charge >= 0.3 is 11.7 Å². The molecule has 3 rings (SSSR count). The van der Waals surface area contributed by atoms with Crippen molar-refractivity contribution in [2.45, 2.75) is 52.6 Å². The van der Waals surface area contributed by atoms with Gasteiger partial charge < -0.3 is 5.11 Å². The van der Waals surface area contributed by atoms with E-state index >= 15 is 0 Å². The summed E-state index contributed by atoms with van der Waals surface area (Å²) in [6.07, 6.45) is 6.06. The number of aromatic nitrogens is 2. The Balaban J connectivity index is 1.84. The Morgan fingerprint density at radius 3 is 2.38 bits per heavy atom. The van der Waals surface area contributed by atoms with Crippen molar-refractivity contribution in [3.8, 4) is 11.1 Å². The fourth-order valence-electron chi connectivity index (χ4n) is 3.62. The standard InChI is InChI=1S/C24H28N2O3/c1-3-5-8-15-25-17-20(4-2)26(24(25)29)16-18-11-13-19(14-12-18)21-9-6-7-10-22(21)23(27)28/h6-7,9-14,17H,3-5,8,15-16H2,1-2H3,(H,27,28). The summed E-state index contributed by atoms with van der Waals surface area (Å²) in [4.78, 5) is 24.3. The number of carbonyl (C=O) groups is 1. The van der Waals surface area contributed by atoms with Crippen molar-refractivity contribution in [3.05, 3.63) is 82.0 Å². The molecule has 1 aromatic heterocycles. The minimum atomic E-state index is -0.937. The molecule has 0 aliphatic heterocycles. The molecule has 0 radical (unpaired) electrons. The number of benzene rings is 2. The lowest BCUT2D eigenvalue weighted by Crippen LogP contribution is -2.25. The zero-order valence-electron chi connectivity index (χ0n) is 17.1. The maximum Gasteiger partial charge on any atom is 0.336 e. The van der Waals surface area contributed by atoms with Crippen LogP contribution < -0.4 is 5.69 Å². The normalized spacial score (nSPS) is 11.0. The highest BCUT2D eigenvalue weighted by molar-refractivity contribution is 5.95. The quantitative estimate of drug-likeness (QED) is 0.531. The van der Waals surface area contributed by atoms with E-state index in [1.165, 1.54) is 0 Å². The van der Waals surface area contributed by atoms with Crippen LogP contribution in [-0.2, 0) is 19.5 Å². The summed E-state index contributed by atoms with van der Waals surface area (Å²) in [6, 6.07) is 14.8. The summed E-state index contributed by atoms with van der Waals surface area (Å²) >= 11 is 0. The number of nitrogens with zero attached hydrogens (tertiary/aromatic N) is 2. The van der Waals surface area contributed by atoms with E-state index < -0.39 is 5.97 Å². The number of hydrogen-bond acceptors (Lipinski definition) is 2. The molecule has 0 aliphatic rings. The minimum absolute atomic E-state index is 0.0400. The summed E-state index contributed by atoms with van der Waals surface area (Å²) in [5.41, 5.74) is 3.93. The van der Waals surface area contributed by atoms with Crippen LogP contribution in [0.1, 0.15) is 54.7 Å². The molecule has 0 amide bonds. The van der Waals surface area contributed by atoms with Crippen LogP contribution in [0.5, 0.6) is 0 Å². The number of imidazole rings is 1. The molecule has 0 saturated heterocycles. The Kier molecular flexibility index (Phi) is 6.70. The first-order valence-corrected chi connectivity index (χ1v) is 10.3. The Hall–Kier alpha value is -3.08. The first-order chi connectivity index (χ1) is 14.0. The van der Waals surface area contributed by atoms with E-state index in [0.29, 0.717) is 12.1 Å². The largest absolute Gasteiger partial charge is 0.478 e. The lowest BCUT2D eigenvalue weighted by molar-refractivity contribution is 0.0697. The predicted molar refractivity (Wildman–Crippen MR) is 116 cm³/mol. The van der Waals surface area contributed by atoms with E-state index in [2.05, 4.69) is 13.8 Å². The second-order valence-electron chi connectivity index (χ2n) is 7.29. The smallest absolute Gasteiger partial charge is 0.336 e. The third-order valence-corrected chi connectivity index (χ3v) is 5.26. The van der Waals surface area contributed by atoms with Gasteiger partial charge in [0, 0.05) is 18.4 Å². The van der Waals surface area contributed by atoms with Gasteiger partial charge in [0.05, 0.1) is 12.1 Å². The van der Waals surface area contributed by atoms with Gasteiger partial charge in [0.25, 0.3) is 0 Å². The highest BCUT2D eigenvalue weighted by Gasteiger charge is 2.12. The van der Waals surface area contributed by atoms with Gasteiger partial charge in [-0.25, -0.2) is 9.59 Å². The van der Waals surface area contributed by atoms with Gasteiger partial charge in [-0.2, -0.15) is 0 Å². The van der Waals surface area contributed by atoms with Crippen LogP contribution in [0.4, 0.5) is 0 Å². The Bertz CT molecular complexity index is 1030. The minimum Gasteiger partial charge on any atom is -0.478 e. The molecule has 3 aromatic rings. The summed E-state index contributed by atoms with van der Waals surface area (Å²) in [6.45, 7) is 5.50. The number of rotatable bonds is 9. The summed E-state index contributed by atoms with van der Waals surface area (Å²) < 4.78 is 3.66. The van der Waals surface area contributed by atoms with Crippen molar-refractivity contribution < 1.29 is 9.90 Å². The van der Waals surface area contributed by atoms with Crippen LogP contribution in [0.3, 0.4) is 0 Å². The fourth-order valence-corrected chi connectivity index (χ4v) is 3.62. The Morgan fingerprint density at radius 1 is 1.00 bits per heavy atom. The number of carboxylic acid groups (broad SMARTS) is 1. The third kappa shape index (κ3) is 4.67. The lowest BCUT2D eigenvalue weighted by atomic mass is 9.99. The van der Waals surface area contributed by atoms with Crippen molar-refractivity contribution in [2.24, 2.45) is 0 Å². The lowest BCUT2D eigenvalue weighted by Gasteiger charge is -2.09. The molecule has 0 bridgehead atoms. The molecule has 0 saturated carbocycles. The molecule has 5 heteroatoms. The fraction of sp³-hybridized carbons (Fsp3) is 0.333. The van der Waals surface area contributed by atoms with Crippen LogP contribution in [0.15, 0.2) is 59.5 Å². The second-order valence-corrected chi connectivity index (χ2v) is 7.29. The van der Waals surface area contributed by atoms with Crippen LogP contribution in [-0.4, -0.2) is 20.2 Å². The maximum absolute atomic E-state index is 12.8. The van der Waals surface area contributed by atoms with Gasteiger partial charge in [0.2, 0.25) is 0 Å². The molecular weight excluding hydrogens is 364 g/mol. The van der Waals surface area contributed by atoms with Gasteiger partial charge in [0.15, 0.2) is 0 Å². The molecule has 0 spiro atoms. The number of aromatic carboxylic acids is 1. The highest BCUT2D eigenvalue weighted by Crippen LogP contribution is 2.24. The van der Waals surface area contributed by atoms with Gasteiger partial charge in [-0.3, -0.25) is 9.13 Å². The summed E-state index contributed by atoms with van der Waals surface area (Å²) in [7, 11) is 0. The number of hydrogen-bond donors (Lipinski definition) is 1. The van der Waals surface area contributed by atoms with E-state index in [-0.39, 0.29) is 11.3 Å². The van der Waals surface area contributed by atoms with Gasteiger partial charge in [-0.05, 0) is 35.6 Å². The predicted octanol–water partition coefficient (Wildman–Crippen LogP) is 4.82. The monoisotopic (exact) mass is 392 g/mol. The molecule has 152 valence electrons. The molecular formula is C24H28N2O3. The van der Waals surface area contributed by atoms with Gasteiger partial charge in [-0.1, -0.05) is 69.2 Å². The number of unbranched alkanes of at least 4 members (excludes halogenated alkanes) is 2. The molecule has 1 heterocycles. The first kappa shape index (κ1) is 20.6. The van der Waals surface area contributed by atoms with Crippen LogP contribution in [0.25, 0.3) is 11.1 Å². The summed E-state index contributed by atoms with van der Waals surface area (Å²) in [5.74, 6) is -0.937. The van der Waals surface area contributed by atoms with Crippen molar-refractivity contribution in [1.29, 1.82) is 0 Å². The van der Waals surface area contributed by atoms with Gasteiger partial charge in [0.1, 0.15) is 0 Å². The third-order valence-electron chi connectivity index (χ3n) is 5.26. The average molecular weight is 392 g/mol. The van der Waals surface area contributed by atoms with Crippen molar-refractivity contribution in [3.63, 3.8) is 0 Å². The molecule has 0 atom stereocenters. The average Bonchev–Trinajstić information content (AvgIpc) is 3.04. The Morgan fingerprint density at radius 2 is 1.72 bits per heavy atom. The van der Waals surface area contributed by atoms with Crippen molar-refractivity contribution in [1.82, 2.24) is 9.13 Å². The van der Waals surface area contributed by atoms with E-state index in [1.54, 1.807) is 12.1 Å². The van der Waals surface area contributed by atoms with Crippen LogP contribution in [0.2, 0.25) is 0 Å². The molecule has 0 unspecified atom stereocenters. The van der Waals surface area contributed by atoms with Crippen LogP contribution >= 0.6 is 0 Å². The zero-order chi connectivity index (χ0) is 20.8. The highest BCUT2D eigenvalue weighted by atomic mass is 16.4. The zero-order valence-corrected chi connectivity index (χ0v) is 17.1.